The molecule has 0 amide bonds. The molecule has 15 heavy (non-hydrogen) atoms. The maximum absolute atomic E-state index is 3.75. The number of hydrogen-bond acceptors (Lipinski definition) is 1. The summed E-state index contributed by atoms with van der Waals surface area (Å²) in [6, 6.07) is 0.826. The first-order valence-electron chi connectivity index (χ1n) is 6.99. The molecular formula is C14H29N. The molecule has 0 bridgehead atoms. The monoisotopic (exact) mass is 211 g/mol. The van der Waals surface area contributed by atoms with Gasteiger partial charge in [0.1, 0.15) is 0 Å². The smallest absolute Gasteiger partial charge is 0.00673 e. The van der Waals surface area contributed by atoms with E-state index in [0.29, 0.717) is 0 Å². The Morgan fingerprint density at radius 3 is 2.33 bits per heavy atom. The van der Waals surface area contributed by atoms with Gasteiger partial charge < -0.3 is 5.32 Å². The highest BCUT2D eigenvalue weighted by Gasteiger charge is 2.19. The molecule has 1 heteroatoms. The van der Waals surface area contributed by atoms with Crippen molar-refractivity contribution in [2.75, 3.05) is 6.54 Å². The van der Waals surface area contributed by atoms with Gasteiger partial charge in [-0.3, -0.25) is 0 Å². The summed E-state index contributed by atoms with van der Waals surface area (Å²) >= 11 is 0. The third-order valence-electron chi connectivity index (χ3n) is 3.96. The molecule has 90 valence electrons. The largest absolute Gasteiger partial charge is 0.314 e. The van der Waals surface area contributed by atoms with Gasteiger partial charge in [-0.2, -0.15) is 0 Å². The molecule has 1 aliphatic rings. The van der Waals surface area contributed by atoms with E-state index < -0.39 is 0 Å². The van der Waals surface area contributed by atoms with E-state index in [1.807, 2.05) is 0 Å². The van der Waals surface area contributed by atoms with Crippen LogP contribution in [0, 0.1) is 11.8 Å². The summed E-state index contributed by atoms with van der Waals surface area (Å²) in [6.07, 6.45) is 9.82. The Balaban J connectivity index is 2.08. The molecule has 1 rings (SSSR count). The fourth-order valence-electron chi connectivity index (χ4n) is 2.74. The van der Waals surface area contributed by atoms with Crippen molar-refractivity contribution in [3.63, 3.8) is 0 Å². The normalized spacial score (nSPS) is 29.0. The molecule has 0 radical (unpaired) electrons. The van der Waals surface area contributed by atoms with Crippen LogP contribution in [-0.2, 0) is 0 Å². The predicted molar refractivity (Wildman–Crippen MR) is 68.1 cm³/mol. The van der Waals surface area contributed by atoms with Crippen molar-refractivity contribution in [1.82, 2.24) is 5.32 Å². The quantitative estimate of drug-likeness (QED) is 0.700. The molecule has 1 fully saturated rings. The average Bonchev–Trinajstić information content (AvgIpc) is 2.27. The van der Waals surface area contributed by atoms with Crippen LogP contribution in [0.2, 0.25) is 0 Å². The van der Waals surface area contributed by atoms with Crippen LogP contribution in [0.1, 0.15) is 65.7 Å². The molecule has 1 nitrogen and oxygen atoms in total. The number of rotatable bonds is 6. The van der Waals surface area contributed by atoms with E-state index in [0.717, 1.165) is 17.9 Å². The second-order valence-electron chi connectivity index (χ2n) is 5.43. The summed E-state index contributed by atoms with van der Waals surface area (Å²) in [5, 5.41) is 3.75. The minimum absolute atomic E-state index is 0.826. The van der Waals surface area contributed by atoms with Crippen molar-refractivity contribution in [1.29, 1.82) is 0 Å². The summed E-state index contributed by atoms with van der Waals surface area (Å²) in [5.41, 5.74) is 0. The lowest BCUT2D eigenvalue weighted by atomic mass is 9.84. The average molecular weight is 211 g/mol. The van der Waals surface area contributed by atoms with Gasteiger partial charge in [-0.25, -0.2) is 0 Å². The molecule has 0 aromatic heterocycles. The van der Waals surface area contributed by atoms with Gasteiger partial charge in [-0.05, 0) is 50.5 Å². The Kier molecular flexibility index (Phi) is 6.31. The van der Waals surface area contributed by atoms with Crippen LogP contribution in [0.4, 0.5) is 0 Å². The van der Waals surface area contributed by atoms with Crippen molar-refractivity contribution in [3.8, 4) is 0 Å². The molecule has 1 unspecified atom stereocenters. The second kappa shape index (κ2) is 7.27. The zero-order chi connectivity index (χ0) is 11.1. The summed E-state index contributed by atoms with van der Waals surface area (Å²) in [4.78, 5) is 0. The summed E-state index contributed by atoms with van der Waals surface area (Å²) in [6.45, 7) is 8.22. The molecule has 1 saturated carbocycles. The zero-order valence-corrected chi connectivity index (χ0v) is 10.9. The lowest BCUT2D eigenvalue weighted by molar-refractivity contribution is 0.276. The molecule has 0 aromatic rings. The fourth-order valence-corrected chi connectivity index (χ4v) is 2.74. The van der Waals surface area contributed by atoms with Crippen LogP contribution in [0.5, 0.6) is 0 Å². The maximum Gasteiger partial charge on any atom is 0.00673 e. The van der Waals surface area contributed by atoms with E-state index in [9.17, 15) is 0 Å². The second-order valence-corrected chi connectivity index (χ2v) is 5.43. The Morgan fingerprint density at radius 2 is 1.80 bits per heavy atom. The van der Waals surface area contributed by atoms with Gasteiger partial charge in [0.15, 0.2) is 0 Å². The predicted octanol–water partition coefficient (Wildman–Crippen LogP) is 3.98. The van der Waals surface area contributed by atoms with Crippen LogP contribution in [-0.4, -0.2) is 12.6 Å². The van der Waals surface area contributed by atoms with E-state index in [-0.39, 0.29) is 0 Å². The summed E-state index contributed by atoms with van der Waals surface area (Å²) in [7, 11) is 0. The molecule has 1 aliphatic carbocycles. The van der Waals surface area contributed by atoms with Crippen molar-refractivity contribution in [3.05, 3.63) is 0 Å². The minimum Gasteiger partial charge on any atom is -0.314 e. The van der Waals surface area contributed by atoms with E-state index >= 15 is 0 Å². The zero-order valence-electron chi connectivity index (χ0n) is 10.9. The van der Waals surface area contributed by atoms with Crippen LogP contribution >= 0.6 is 0 Å². The minimum atomic E-state index is 0.826. The van der Waals surface area contributed by atoms with Gasteiger partial charge in [0.2, 0.25) is 0 Å². The highest BCUT2D eigenvalue weighted by molar-refractivity contribution is 4.77. The Labute approximate surface area is 96.0 Å². The van der Waals surface area contributed by atoms with Crippen molar-refractivity contribution in [2.24, 2.45) is 11.8 Å². The van der Waals surface area contributed by atoms with E-state index in [1.165, 1.54) is 51.5 Å². The highest BCUT2D eigenvalue weighted by Crippen LogP contribution is 2.26. The molecule has 0 aromatic carbocycles. The first kappa shape index (κ1) is 13.0. The lowest BCUT2D eigenvalue weighted by Gasteiger charge is -2.29. The van der Waals surface area contributed by atoms with Gasteiger partial charge in [-0.1, -0.05) is 33.6 Å². The maximum atomic E-state index is 3.75. The van der Waals surface area contributed by atoms with Crippen LogP contribution < -0.4 is 5.32 Å². The molecule has 0 heterocycles. The fraction of sp³-hybridized carbons (Fsp3) is 1.00. The lowest BCUT2D eigenvalue weighted by Crippen LogP contribution is -2.35. The number of nitrogens with one attached hydrogen (secondary N) is 1. The molecule has 0 aliphatic heterocycles. The highest BCUT2D eigenvalue weighted by atomic mass is 14.9. The standard InChI is InChI=1S/C14H29N/c1-4-6-12(3)11-15-14-9-7-13(5-2)8-10-14/h12-15H,4-11H2,1-3H3. The van der Waals surface area contributed by atoms with E-state index in [2.05, 4.69) is 26.1 Å². The number of hydrogen-bond donors (Lipinski definition) is 1. The van der Waals surface area contributed by atoms with Crippen LogP contribution in [0.3, 0.4) is 0 Å². The first-order chi connectivity index (χ1) is 7.26. The van der Waals surface area contributed by atoms with Crippen molar-refractivity contribution < 1.29 is 0 Å². The van der Waals surface area contributed by atoms with Gasteiger partial charge in [0.05, 0.1) is 0 Å². The molecule has 0 spiro atoms. The first-order valence-corrected chi connectivity index (χ1v) is 6.99. The Hall–Kier alpha value is -0.0400. The van der Waals surface area contributed by atoms with Crippen LogP contribution in [0.15, 0.2) is 0 Å². The van der Waals surface area contributed by atoms with Crippen molar-refractivity contribution in [2.45, 2.75) is 71.8 Å². The molecule has 1 N–H and O–H groups in total. The summed E-state index contributed by atoms with van der Waals surface area (Å²) in [5.74, 6) is 1.88. The van der Waals surface area contributed by atoms with E-state index in [1.54, 1.807) is 0 Å². The SMILES string of the molecule is CCCC(C)CNC1CCC(CC)CC1. The Morgan fingerprint density at radius 1 is 1.13 bits per heavy atom. The van der Waals surface area contributed by atoms with Gasteiger partial charge in [0, 0.05) is 6.04 Å². The van der Waals surface area contributed by atoms with Gasteiger partial charge in [0.25, 0.3) is 0 Å². The topological polar surface area (TPSA) is 12.0 Å². The van der Waals surface area contributed by atoms with Gasteiger partial charge >= 0.3 is 0 Å². The third-order valence-corrected chi connectivity index (χ3v) is 3.96. The van der Waals surface area contributed by atoms with E-state index in [4.69, 9.17) is 0 Å². The van der Waals surface area contributed by atoms with Crippen LogP contribution in [0.25, 0.3) is 0 Å². The molecule has 0 saturated heterocycles. The van der Waals surface area contributed by atoms with Gasteiger partial charge in [-0.15, -0.1) is 0 Å². The third kappa shape index (κ3) is 5.01. The van der Waals surface area contributed by atoms with Crippen molar-refractivity contribution >= 4 is 0 Å². The Bertz CT molecular complexity index is 147. The molecular weight excluding hydrogens is 182 g/mol. The molecule has 1 atom stereocenters. The summed E-state index contributed by atoms with van der Waals surface area (Å²) < 4.78 is 0.